The van der Waals surface area contributed by atoms with Gasteiger partial charge in [0.05, 0.1) is 7.11 Å². The quantitative estimate of drug-likeness (QED) is 0.665. The van der Waals surface area contributed by atoms with E-state index in [1.165, 1.54) is 0 Å². The van der Waals surface area contributed by atoms with E-state index in [-0.39, 0.29) is 5.78 Å². The van der Waals surface area contributed by atoms with Crippen LogP contribution in [0.3, 0.4) is 0 Å². The maximum atomic E-state index is 11.3. The summed E-state index contributed by atoms with van der Waals surface area (Å²) in [7, 11) is 1.63. The third-order valence-electron chi connectivity index (χ3n) is 2.04. The van der Waals surface area contributed by atoms with Crippen LogP contribution in [0.4, 0.5) is 0 Å². The smallest absolute Gasteiger partial charge is 0.162 e. The van der Waals surface area contributed by atoms with E-state index in [1.807, 2.05) is 26.0 Å². The van der Waals surface area contributed by atoms with Crippen LogP contribution in [0.2, 0.25) is 0 Å². The van der Waals surface area contributed by atoms with Gasteiger partial charge in [-0.05, 0) is 30.7 Å². The SMILES string of the molecule is CCC(=O)c1ccc(OC)c(C)c1. The van der Waals surface area contributed by atoms with Crippen LogP contribution < -0.4 is 4.74 Å². The van der Waals surface area contributed by atoms with Crippen molar-refractivity contribution in [1.82, 2.24) is 0 Å². The van der Waals surface area contributed by atoms with Crippen molar-refractivity contribution in [1.29, 1.82) is 0 Å². The van der Waals surface area contributed by atoms with Crippen molar-refractivity contribution in [2.24, 2.45) is 0 Å². The minimum atomic E-state index is 0.172. The molecule has 0 aromatic heterocycles. The lowest BCUT2D eigenvalue weighted by molar-refractivity contribution is 0.0988. The first kappa shape index (κ1) is 9.78. The number of ketones is 1. The maximum absolute atomic E-state index is 11.3. The monoisotopic (exact) mass is 178 g/mol. The summed E-state index contributed by atoms with van der Waals surface area (Å²) < 4.78 is 5.10. The number of ether oxygens (including phenoxy) is 1. The Bertz CT molecular complexity index is 316. The van der Waals surface area contributed by atoms with Gasteiger partial charge in [0.2, 0.25) is 0 Å². The van der Waals surface area contributed by atoms with E-state index in [0.717, 1.165) is 16.9 Å². The van der Waals surface area contributed by atoms with Crippen LogP contribution in [-0.2, 0) is 0 Å². The highest BCUT2D eigenvalue weighted by Crippen LogP contribution is 2.19. The van der Waals surface area contributed by atoms with E-state index in [0.29, 0.717) is 6.42 Å². The molecule has 0 spiro atoms. The van der Waals surface area contributed by atoms with Crippen molar-refractivity contribution in [2.45, 2.75) is 20.3 Å². The van der Waals surface area contributed by atoms with Gasteiger partial charge in [-0.25, -0.2) is 0 Å². The topological polar surface area (TPSA) is 26.3 Å². The van der Waals surface area contributed by atoms with Gasteiger partial charge < -0.3 is 4.74 Å². The summed E-state index contributed by atoms with van der Waals surface area (Å²) in [5.74, 6) is 0.999. The average Bonchev–Trinajstić information content (AvgIpc) is 2.16. The van der Waals surface area contributed by atoms with Gasteiger partial charge in [0, 0.05) is 12.0 Å². The first-order chi connectivity index (χ1) is 6.19. The van der Waals surface area contributed by atoms with E-state index in [9.17, 15) is 4.79 Å². The number of rotatable bonds is 3. The molecule has 1 aromatic carbocycles. The second-order valence-electron chi connectivity index (χ2n) is 2.96. The summed E-state index contributed by atoms with van der Waals surface area (Å²) in [5, 5.41) is 0. The number of hydrogen-bond acceptors (Lipinski definition) is 2. The van der Waals surface area contributed by atoms with Gasteiger partial charge >= 0.3 is 0 Å². The molecule has 2 heteroatoms. The van der Waals surface area contributed by atoms with Crippen LogP contribution >= 0.6 is 0 Å². The van der Waals surface area contributed by atoms with Crippen molar-refractivity contribution < 1.29 is 9.53 Å². The zero-order valence-electron chi connectivity index (χ0n) is 8.26. The first-order valence-corrected chi connectivity index (χ1v) is 4.37. The number of hydrogen-bond donors (Lipinski definition) is 0. The molecular weight excluding hydrogens is 164 g/mol. The molecule has 0 atom stereocenters. The molecule has 0 saturated carbocycles. The van der Waals surface area contributed by atoms with Crippen molar-refractivity contribution in [2.75, 3.05) is 7.11 Å². The van der Waals surface area contributed by atoms with Gasteiger partial charge in [0.1, 0.15) is 5.75 Å². The maximum Gasteiger partial charge on any atom is 0.162 e. The Morgan fingerprint density at radius 3 is 2.62 bits per heavy atom. The normalized spacial score (nSPS) is 9.77. The number of aryl methyl sites for hydroxylation is 1. The molecule has 0 aliphatic heterocycles. The summed E-state index contributed by atoms with van der Waals surface area (Å²) in [6, 6.07) is 5.50. The fraction of sp³-hybridized carbons (Fsp3) is 0.364. The predicted molar refractivity (Wildman–Crippen MR) is 52.4 cm³/mol. The van der Waals surface area contributed by atoms with Crippen molar-refractivity contribution >= 4 is 5.78 Å². The lowest BCUT2D eigenvalue weighted by Gasteiger charge is -2.05. The molecule has 0 fully saturated rings. The molecule has 70 valence electrons. The van der Waals surface area contributed by atoms with E-state index in [1.54, 1.807) is 13.2 Å². The molecule has 0 aliphatic rings. The van der Waals surface area contributed by atoms with Crippen LogP contribution in [0.5, 0.6) is 5.75 Å². The number of carbonyl (C=O) groups is 1. The molecule has 0 amide bonds. The zero-order chi connectivity index (χ0) is 9.84. The van der Waals surface area contributed by atoms with Crippen LogP contribution in [-0.4, -0.2) is 12.9 Å². The third-order valence-corrected chi connectivity index (χ3v) is 2.04. The van der Waals surface area contributed by atoms with E-state index < -0.39 is 0 Å². The molecule has 0 aliphatic carbocycles. The molecule has 0 heterocycles. The van der Waals surface area contributed by atoms with Gasteiger partial charge in [-0.3, -0.25) is 4.79 Å². The van der Waals surface area contributed by atoms with Crippen LogP contribution in [0.25, 0.3) is 0 Å². The number of benzene rings is 1. The minimum absolute atomic E-state index is 0.172. The highest BCUT2D eigenvalue weighted by molar-refractivity contribution is 5.96. The second kappa shape index (κ2) is 4.08. The van der Waals surface area contributed by atoms with Gasteiger partial charge in [-0.15, -0.1) is 0 Å². The largest absolute Gasteiger partial charge is 0.496 e. The summed E-state index contributed by atoms with van der Waals surface area (Å²) >= 11 is 0. The Kier molecular flexibility index (Phi) is 3.07. The molecule has 2 nitrogen and oxygen atoms in total. The fourth-order valence-corrected chi connectivity index (χ4v) is 1.26. The molecule has 0 unspecified atom stereocenters. The van der Waals surface area contributed by atoms with Crippen molar-refractivity contribution in [3.05, 3.63) is 29.3 Å². The molecule has 13 heavy (non-hydrogen) atoms. The Hall–Kier alpha value is -1.31. The second-order valence-corrected chi connectivity index (χ2v) is 2.96. The summed E-state index contributed by atoms with van der Waals surface area (Å²) in [6.45, 7) is 3.80. The Balaban J connectivity index is 3.02. The first-order valence-electron chi connectivity index (χ1n) is 4.37. The molecule has 0 radical (unpaired) electrons. The average molecular weight is 178 g/mol. The van der Waals surface area contributed by atoms with Crippen LogP contribution in [0.15, 0.2) is 18.2 Å². The minimum Gasteiger partial charge on any atom is -0.496 e. The molecule has 1 rings (SSSR count). The van der Waals surface area contributed by atoms with Gasteiger partial charge in [-0.1, -0.05) is 6.92 Å². The van der Waals surface area contributed by atoms with Gasteiger partial charge in [-0.2, -0.15) is 0 Å². The number of carbonyl (C=O) groups excluding carboxylic acids is 1. The van der Waals surface area contributed by atoms with Crippen molar-refractivity contribution in [3.8, 4) is 5.75 Å². The Morgan fingerprint density at radius 1 is 1.46 bits per heavy atom. The molecule has 1 aromatic rings. The zero-order valence-corrected chi connectivity index (χ0v) is 8.26. The van der Waals surface area contributed by atoms with Crippen LogP contribution in [0.1, 0.15) is 29.3 Å². The predicted octanol–water partition coefficient (Wildman–Crippen LogP) is 2.60. The lowest BCUT2D eigenvalue weighted by atomic mass is 10.1. The molecular formula is C11H14O2. The number of methoxy groups -OCH3 is 1. The summed E-state index contributed by atoms with van der Waals surface area (Å²) in [6.07, 6.45) is 0.547. The fourth-order valence-electron chi connectivity index (χ4n) is 1.26. The van der Waals surface area contributed by atoms with E-state index in [2.05, 4.69) is 0 Å². The Labute approximate surface area is 78.5 Å². The van der Waals surface area contributed by atoms with E-state index >= 15 is 0 Å². The standard InChI is InChI=1S/C11H14O2/c1-4-10(12)9-5-6-11(13-3)8(2)7-9/h5-7H,4H2,1-3H3. The van der Waals surface area contributed by atoms with Crippen molar-refractivity contribution in [3.63, 3.8) is 0 Å². The molecule has 0 saturated heterocycles. The van der Waals surface area contributed by atoms with E-state index in [4.69, 9.17) is 4.74 Å². The summed E-state index contributed by atoms with van der Waals surface area (Å²) in [4.78, 5) is 11.3. The lowest BCUT2D eigenvalue weighted by Crippen LogP contribution is -1.97. The van der Waals surface area contributed by atoms with Crippen LogP contribution in [0, 0.1) is 6.92 Å². The molecule has 0 N–H and O–H groups in total. The summed E-state index contributed by atoms with van der Waals surface area (Å²) in [5.41, 5.74) is 1.77. The highest BCUT2D eigenvalue weighted by Gasteiger charge is 2.05. The number of Topliss-reactive ketones (excluding diaryl/α,β-unsaturated/α-hetero) is 1. The Morgan fingerprint density at radius 2 is 2.15 bits per heavy atom. The van der Waals surface area contributed by atoms with Gasteiger partial charge in [0.25, 0.3) is 0 Å². The molecule has 0 bridgehead atoms. The highest BCUT2D eigenvalue weighted by atomic mass is 16.5. The van der Waals surface area contributed by atoms with Gasteiger partial charge in [0.15, 0.2) is 5.78 Å². The third kappa shape index (κ3) is 2.08.